The summed E-state index contributed by atoms with van der Waals surface area (Å²) >= 11 is 0. The lowest BCUT2D eigenvalue weighted by Gasteiger charge is -2.13. The molecule has 0 aliphatic carbocycles. The normalized spacial score (nSPS) is 11.5. The second-order valence-electron chi connectivity index (χ2n) is 8.99. The molecule has 4 aromatic rings. The van der Waals surface area contributed by atoms with Crippen LogP contribution in [0.1, 0.15) is 49.4 Å². The highest BCUT2D eigenvalue weighted by atomic mass is 32.2. The largest absolute Gasteiger partial charge is 0.455 e. The molecule has 0 aliphatic heterocycles. The van der Waals surface area contributed by atoms with Crippen molar-refractivity contribution in [2.75, 3.05) is 17.5 Å². The fraction of sp³-hybridized carbons (Fsp3) is 0.276. The van der Waals surface area contributed by atoms with Gasteiger partial charge in [0.05, 0.1) is 17.0 Å². The summed E-state index contributed by atoms with van der Waals surface area (Å²) in [5, 5.41) is 3.17. The van der Waals surface area contributed by atoms with Crippen LogP contribution in [-0.4, -0.2) is 27.1 Å². The van der Waals surface area contributed by atoms with E-state index in [1.54, 1.807) is 24.3 Å². The van der Waals surface area contributed by atoms with E-state index in [9.17, 15) is 17.6 Å². The minimum Gasteiger partial charge on any atom is -0.455 e. The molecule has 0 radical (unpaired) electrons. The molecule has 194 valence electrons. The molecule has 3 aromatic carbocycles. The SMILES string of the molecule is CCCCCCCS(=O)(=O)Nc1cc2oc(-c3ccc(F)cc3)c(C(=O)NC)c2cc1-c1ccccc1. The van der Waals surface area contributed by atoms with Gasteiger partial charge in [0.1, 0.15) is 17.2 Å². The number of nitrogens with one attached hydrogen (secondary N) is 2. The summed E-state index contributed by atoms with van der Waals surface area (Å²) in [6.07, 6.45) is 4.62. The van der Waals surface area contributed by atoms with E-state index in [4.69, 9.17) is 4.42 Å². The first kappa shape index (κ1) is 26.4. The van der Waals surface area contributed by atoms with Gasteiger partial charge in [-0.1, -0.05) is 62.9 Å². The van der Waals surface area contributed by atoms with Gasteiger partial charge in [0.2, 0.25) is 10.0 Å². The van der Waals surface area contributed by atoms with Crippen LogP contribution < -0.4 is 10.0 Å². The van der Waals surface area contributed by atoms with Gasteiger partial charge >= 0.3 is 0 Å². The molecule has 0 fully saturated rings. The number of hydrogen-bond donors (Lipinski definition) is 2. The highest BCUT2D eigenvalue weighted by molar-refractivity contribution is 7.92. The van der Waals surface area contributed by atoms with Gasteiger partial charge in [0.15, 0.2) is 0 Å². The topological polar surface area (TPSA) is 88.4 Å². The summed E-state index contributed by atoms with van der Waals surface area (Å²) in [5.41, 5.74) is 2.96. The van der Waals surface area contributed by atoms with Crippen molar-refractivity contribution in [2.24, 2.45) is 0 Å². The fourth-order valence-electron chi connectivity index (χ4n) is 4.35. The standard InChI is InChI=1S/C29H31FN2O4S/c1-3-4-5-6-10-17-37(34,35)32-25-19-26-24(18-23(25)20-11-8-7-9-12-20)27(29(33)31-2)28(36-26)21-13-15-22(30)16-14-21/h7-9,11-16,18-19,32H,3-6,10,17H2,1-2H3,(H,31,33). The van der Waals surface area contributed by atoms with Crippen molar-refractivity contribution in [3.05, 3.63) is 78.1 Å². The minimum atomic E-state index is -3.61. The van der Waals surface area contributed by atoms with E-state index < -0.39 is 15.8 Å². The van der Waals surface area contributed by atoms with Gasteiger partial charge in [0, 0.05) is 29.6 Å². The third-order valence-corrected chi connectivity index (χ3v) is 7.61. The molecule has 0 saturated carbocycles. The van der Waals surface area contributed by atoms with Gasteiger partial charge < -0.3 is 9.73 Å². The van der Waals surface area contributed by atoms with Crippen LogP contribution in [0.2, 0.25) is 0 Å². The van der Waals surface area contributed by atoms with Crippen molar-refractivity contribution < 1.29 is 22.0 Å². The van der Waals surface area contributed by atoms with Crippen molar-refractivity contribution in [3.8, 4) is 22.5 Å². The molecule has 0 aliphatic rings. The summed E-state index contributed by atoms with van der Waals surface area (Å²) in [6.45, 7) is 2.12. The quantitative estimate of drug-likeness (QED) is 0.208. The Labute approximate surface area is 216 Å². The van der Waals surface area contributed by atoms with Crippen LogP contribution >= 0.6 is 0 Å². The van der Waals surface area contributed by atoms with Crippen molar-refractivity contribution in [1.82, 2.24) is 5.32 Å². The average molecular weight is 523 g/mol. The number of fused-ring (bicyclic) bond motifs is 1. The third-order valence-electron chi connectivity index (χ3n) is 6.26. The minimum absolute atomic E-state index is 0.0193. The maximum Gasteiger partial charge on any atom is 0.255 e. The number of carbonyl (C=O) groups is 1. The molecule has 1 heterocycles. The number of benzene rings is 3. The molecule has 0 atom stereocenters. The molecule has 0 spiro atoms. The van der Waals surface area contributed by atoms with Crippen molar-refractivity contribution >= 4 is 32.6 Å². The zero-order chi connectivity index (χ0) is 26.4. The van der Waals surface area contributed by atoms with Crippen molar-refractivity contribution in [2.45, 2.75) is 39.0 Å². The van der Waals surface area contributed by atoms with E-state index in [0.29, 0.717) is 39.8 Å². The predicted octanol–water partition coefficient (Wildman–Crippen LogP) is 6.98. The number of rotatable bonds is 11. The second kappa shape index (κ2) is 11.6. The number of unbranched alkanes of at least 4 members (excludes halogenated alkanes) is 4. The molecule has 0 unspecified atom stereocenters. The molecule has 8 heteroatoms. The van der Waals surface area contributed by atoms with E-state index in [1.807, 2.05) is 30.3 Å². The molecule has 1 amide bonds. The summed E-state index contributed by atoms with van der Waals surface area (Å²) in [4.78, 5) is 12.9. The van der Waals surface area contributed by atoms with E-state index >= 15 is 0 Å². The Hall–Kier alpha value is -3.65. The zero-order valence-electron chi connectivity index (χ0n) is 21.0. The first-order chi connectivity index (χ1) is 17.8. The molecule has 6 nitrogen and oxygen atoms in total. The first-order valence-electron chi connectivity index (χ1n) is 12.5. The number of anilines is 1. The van der Waals surface area contributed by atoms with Crippen LogP contribution in [-0.2, 0) is 10.0 Å². The highest BCUT2D eigenvalue weighted by Crippen LogP contribution is 2.40. The van der Waals surface area contributed by atoms with Gasteiger partial charge in [-0.15, -0.1) is 0 Å². The average Bonchev–Trinajstić information content (AvgIpc) is 3.26. The molecule has 1 aromatic heterocycles. The predicted molar refractivity (Wildman–Crippen MR) is 147 cm³/mol. The Kier molecular flexibility index (Phi) is 8.28. The fourth-order valence-corrected chi connectivity index (χ4v) is 5.54. The van der Waals surface area contributed by atoms with Gasteiger partial charge in [0.25, 0.3) is 5.91 Å². The number of sulfonamides is 1. The molecule has 4 rings (SSSR count). The summed E-state index contributed by atoms with van der Waals surface area (Å²) in [6, 6.07) is 18.4. The van der Waals surface area contributed by atoms with Gasteiger partial charge in [-0.05, 0) is 42.3 Å². The lowest BCUT2D eigenvalue weighted by molar-refractivity contribution is 0.0964. The van der Waals surface area contributed by atoms with Crippen LogP contribution in [0.25, 0.3) is 33.4 Å². The Balaban J connectivity index is 1.82. The molecule has 2 N–H and O–H groups in total. The van der Waals surface area contributed by atoms with Crippen LogP contribution in [0, 0.1) is 5.82 Å². The second-order valence-corrected chi connectivity index (χ2v) is 10.8. The smallest absolute Gasteiger partial charge is 0.255 e. The maximum absolute atomic E-state index is 13.6. The molecular formula is C29H31FN2O4S. The van der Waals surface area contributed by atoms with Crippen molar-refractivity contribution in [1.29, 1.82) is 0 Å². The Morgan fingerprint density at radius 1 is 0.919 bits per heavy atom. The monoisotopic (exact) mass is 522 g/mol. The number of halogens is 1. The summed E-state index contributed by atoms with van der Waals surface area (Å²) in [7, 11) is -2.09. The molecular weight excluding hydrogens is 491 g/mol. The van der Waals surface area contributed by atoms with Crippen LogP contribution in [0.3, 0.4) is 0 Å². The zero-order valence-corrected chi connectivity index (χ0v) is 21.8. The van der Waals surface area contributed by atoms with E-state index in [0.717, 1.165) is 31.2 Å². The van der Waals surface area contributed by atoms with Crippen LogP contribution in [0.5, 0.6) is 0 Å². The van der Waals surface area contributed by atoms with E-state index in [2.05, 4.69) is 17.0 Å². The Bertz CT molecular complexity index is 1480. The van der Waals surface area contributed by atoms with Gasteiger partial charge in [-0.2, -0.15) is 0 Å². The number of furan rings is 1. The van der Waals surface area contributed by atoms with E-state index in [-0.39, 0.29) is 17.4 Å². The van der Waals surface area contributed by atoms with E-state index in [1.165, 1.54) is 19.2 Å². The third kappa shape index (κ3) is 6.20. The maximum atomic E-state index is 13.6. The molecule has 0 saturated heterocycles. The number of hydrogen-bond acceptors (Lipinski definition) is 4. The van der Waals surface area contributed by atoms with Gasteiger partial charge in [-0.3, -0.25) is 9.52 Å². The lowest BCUT2D eigenvalue weighted by Crippen LogP contribution is -2.18. The number of carbonyl (C=O) groups excluding carboxylic acids is 1. The van der Waals surface area contributed by atoms with Crippen molar-refractivity contribution in [3.63, 3.8) is 0 Å². The van der Waals surface area contributed by atoms with Gasteiger partial charge in [-0.25, -0.2) is 12.8 Å². The Morgan fingerprint density at radius 2 is 1.62 bits per heavy atom. The Morgan fingerprint density at radius 3 is 2.30 bits per heavy atom. The number of amides is 1. The van der Waals surface area contributed by atoms with Crippen LogP contribution in [0.4, 0.5) is 10.1 Å². The lowest BCUT2D eigenvalue weighted by atomic mass is 9.99. The summed E-state index contributed by atoms with van der Waals surface area (Å²) < 4.78 is 48.4. The molecule has 0 bridgehead atoms. The highest BCUT2D eigenvalue weighted by Gasteiger charge is 2.24. The summed E-state index contributed by atoms with van der Waals surface area (Å²) in [5.74, 6) is -0.466. The first-order valence-corrected chi connectivity index (χ1v) is 14.1. The molecule has 37 heavy (non-hydrogen) atoms. The van der Waals surface area contributed by atoms with Crippen LogP contribution in [0.15, 0.2) is 71.1 Å².